The molecule has 0 aliphatic carbocycles. The van der Waals surface area contributed by atoms with Crippen molar-refractivity contribution < 1.29 is 4.58 Å². The van der Waals surface area contributed by atoms with E-state index in [0.717, 1.165) is 25.3 Å². The van der Waals surface area contributed by atoms with Crippen molar-refractivity contribution >= 4 is 23.3 Å². The molecule has 64 valence electrons. The van der Waals surface area contributed by atoms with Gasteiger partial charge in [0, 0.05) is 12.2 Å². The zero-order valence-electron chi connectivity index (χ0n) is 7.08. The molecule has 0 bridgehead atoms. The van der Waals surface area contributed by atoms with Gasteiger partial charge in [-0.3, -0.25) is 0 Å². The molecule has 0 aromatic carbocycles. The molecule has 3 nitrogen and oxygen atoms in total. The Morgan fingerprint density at radius 1 is 1.75 bits per heavy atom. The highest BCUT2D eigenvalue weighted by Crippen LogP contribution is 2.01. The van der Waals surface area contributed by atoms with E-state index in [1.807, 2.05) is 4.58 Å². The van der Waals surface area contributed by atoms with Gasteiger partial charge in [0.25, 0.3) is 0 Å². The Labute approximate surface area is 77.1 Å². The number of nitrogens with zero attached hydrogens (tertiary/aromatic N) is 2. The summed E-state index contributed by atoms with van der Waals surface area (Å²) in [6.07, 6.45) is 5.74. The summed E-state index contributed by atoms with van der Waals surface area (Å²) in [4.78, 5) is 7.06. The molecule has 0 atom stereocenters. The number of hydrogen-bond donors (Lipinski definition) is 1. The van der Waals surface area contributed by atoms with Crippen LogP contribution in [-0.4, -0.2) is 26.2 Å². The molecule has 0 aliphatic heterocycles. The number of isothiocyanates is 1. The van der Waals surface area contributed by atoms with Gasteiger partial charge in [0.1, 0.15) is 11.4 Å². The fraction of sp³-hybridized carbons (Fsp3) is 0.500. The molecule has 0 saturated heterocycles. The minimum atomic E-state index is 0.776. The van der Waals surface area contributed by atoms with Crippen LogP contribution in [0.3, 0.4) is 0 Å². The normalized spacial score (nSPS) is 9.42. The lowest BCUT2D eigenvalue weighted by Gasteiger charge is -1.95. The number of thiocarbonyl (C=S) groups is 1. The lowest BCUT2D eigenvalue weighted by atomic mass is 10.3. The maximum Gasteiger partial charge on any atom is 0.404 e. The number of rotatable bonds is 4. The van der Waals surface area contributed by atoms with Crippen LogP contribution in [-0.2, 0) is 0 Å². The zero-order chi connectivity index (χ0) is 8.81. The third-order valence-corrected chi connectivity index (χ3v) is 1.81. The molecule has 0 radical (unpaired) electrons. The summed E-state index contributed by atoms with van der Waals surface area (Å²) in [5.41, 5.74) is 0. The van der Waals surface area contributed by atoms with E-state index in [4.69, 9.17) is 12.2 Å². The number of aromatic nitrogens is 2. The van der Waals surface area contributed by atoms with Crippen molar-refractivity contribution in [1.29, 1.82) is 0 Å². The van der Waals surface area contributed by atoms with Gasteiger partial charge in [-0.25, -0.2) is 4.98 Å². The van der Waals surface area contributed by atoms with Crippen molar-refractivity contribution in [1.82, 2.24) is 9.97 Å². The van der Waals surface area contributed by atoms with Crippen LogP contribution in [0.5, 0.6) is 0 Å². The highest BCUT2D eigenvalue weighted by atomic mass is 32.1. The van der Waals surface area contributed by atoms with Crippen LogP contribution in [0.2, 0.25) is 0 Å². The maximum atomic E-state index is 4.75. The van der Waals surface area contributed by atoms with Gasteiger partial charge < -0.3 is 0 Å². The Morgan fingerprint density at radius 2 is 2.58 bits per heavy atom. The topological polar surface area (TPSA) is 31.7 Å². The molecule has 1 aromatic heterocycles. The lowest BCUT2D eigenvalue weighted by molar-refractivity contribution is -0.440. The van der Waals surface area contributed by atoms with Gasteiger partial charge in [-0.2, -0.15) is 4.58 Å². The zero-order valence-corrected chi connectivity index (χ0v) is 7.90. The summed E-state index contributed by atoms with van der Waals surface area (Å²) < 4.78 is 1.82. The third-order valence-electron chi connectivity index (χ3n) is 1.58. The summed E-state index contributed by atoms with van der Waals surface area (Å²) in [5, 5.41) is 2.66. The van der Waals surface area contributed by atoms with Gasteiger partial charge >= 0.3 is 5.95 Å². The Hall–Kier alpha value is -0.990. The van der Waals surface area contributed by atoms with Gasteiger partial charge in [0.05, 0.1) is 12.7 Å². The lowest BCUT2D eigenvalue weighted by Crippen LogP contribution is -2.06. The molecule has 0 fully saturated rings. The summed E-state index contributed by atoms with van der Waals surface area (Å²) in [5.74, 6) is 0.776. The van der Waals surface area contributed by atoms with Gasteiger partial charge in [-0.15, -0.1) is 0 Å². The van der Waals surface area contributed by atoms with E-state index in [-0.39, 0.29) is 0 Å². The molecule has 1 N–H and O–H groups in total. The molecule has 1 aromatic rings. The van der Waals surface area contributed by atoms with Gasteiger partial charge in [-0.05, 0) is 6.42 Å². The van der Waals surface area contributed by atoms with Crippen LogP contribution in [0.15, 0.2) is 12.4 Å². The first-order valence-corrected chi connectivity index (χ1v) is 4.44. The van der Waals surface area contributed by atoms with Gasteiger partial charge in [-0.1, -0.05) is 18.3 Å². The molecule has 1 heterocycles. The smallest absolute Gasteiger partial charge is 0.245 e. The molecule has 12 heavy (non-hydrogen) atoms. The fourth-order valence-electron chi connectivity index (χ4n) is 0.916. The van der Waals surface area contributed by atoms with E-state index in [1.54, 1.807) is 12.4 Å². The molecule has 0 amide bonds. The van der Waals surface area contributed by atoms with Crippen LogP contribution < -0.4 is 0 Å². The van der Waals surface area contributed by atoms with E-state index < -0.39 is 0 Å². The minimum Gasteiger partial charge on any atom is -0.245 e. The second-order valence-corrected chi connectivity index (χ2v) is 2.69. The van der Waals surface area contributed by atoms with E-state index >= 15 is 0 Å². The molecule has 0 saturated carbocycles. The fourth-order valence-corrected chi connectivity index (χ4v) is 1.09. The van der Waals surface area contributed by atoms with Crippen molar-refractivity contribution in [2.24, 2.45) is 0 Å². The van der Waals surface area contributed by atoms with Crippen LogP contribution in [0.1, 0.15) is 19.8 Å². The first-order chi connectivity index (χ1) is 5.88. The van der Waals surface area contributed by atoms with Crippen LogP contribution in [0, 0.1) is 0 Å². The van der Waals surface area contributed by atoms with Crippen molar-refractivity contribution in [3.05, 3.63) is 12.4 Å². The first-order valence-electron chi connectivity index (χ1n) is 4.03. The number of nitrogens with one attached hydrogen (secondary N) is 1. The van der Waals surface area contributed by atoms with Crippen LogP contribution in [0.4, 0.5) is 5.95 Å². The Kier molecular flexibility index (Phi) is 3.64. The number of aromatic amines is 1. The largest absolute Gasteiger partial charge is 0.404 e. The Morgan fingerprint density at radius 3 is 3.08 bits per heavy atom. The predicted octanol–water partition coefficient (Wildman–Crippen LogP) is 1.96. The van der Waals surface area contributed by atoms with Crippen molar-refractivity contribution in [3.8, 4) is 0 Å². The van der Waals surface area contributed by atoms with Crippen molar-refractivity contribution in [2.45, 2.75) is 19.8 Å². The third kappa shape index (κ3) is 2.26. The summed E-state index contributed by atoms with van der Waals surface area (Å²) in [6, 6.07) is 0. The molecule has 0 spiro atoms. The Balaban J connectivity index is 2.65. The number of imidazole rings is 1. The van der Waals surface area contributed by atoms with E-state index in [1.165, 1.54) is 0 Å². The van der Waals surface area contributed by atoms with E-state index in [0.29, 0.717) is 0 Å². The SMILES string of the molecule is CCCC[N+](=C=S)c1ncc[nH]1. The number of hydrogen-bond acceptors (Lipinski definition) is 2. The second-order valence-electron chi connectivity index (χ2n) is 2.51. The van der Waals surface area contributed by atoms with Gasteiger partial charge in [0.15, 0.2) is 0 Å². The minimum absolute atomic E-state index is 0.776. The molecule has 0 aliphatic rings. The molecular weight excluding hydrogens is 170 g/mol. The van der Waals surface area contributed by atoms with Gasteiger partial charge in [0.2, 0.25) is 0 Å². The van der Waals surface area contributed by atoms with Crippen LogP contribution in [0.25, 0.3) is 0 Å². The summed E-state index contributed by atoms with van der Waals surface area (Å²) in [7, 11) is 0. The number of unbranched alkanes of at least 4 members (excludes halogenated alkanes) is 1. The predicted molar refractivity (Wildman–Crippen MR) is 50.9 cm³/mol. The molecule has 4 heteroatoms. The second kappa shape index (κ2) is 4.80. The van der Waals surface area contributed by atoms with E-state index in [2.05, 4.69) is 22.1 Å². The van der Waals surface area contributed by atoms with E-state index in [9.17, 15) is 0 Å². The summed E-state index contributed by atoms with van der Waals surface area (Å²) >= 11 is 4.75. The average molecular weight is 182 g/mol. The maximum absolute atomic E-state index is 4.75. The standard InChI is InChI=1S/C8H12N3S/c1-2-3-6-11(7-12)8-9-4-5-10-8/h4-5H,2-3,6H2,1H3,(H,9,10)/q+1. The highest BCUT2D eigenvalue weighted by Gasteiger charge is 2.07. The Bertz CT molecular complexity index is 273. The van der Waals surface area contributed by atoms with Crippen molar-refractivity contribution in [2.75, 3.05) is 6.54 Å². The summed E-state index contributed by atoms with van der Waals surface area (Å²) in [6.45, 7) is 3.03. The van der Waals surface area contributed by atoms with Crippen molar-refractivity contribution in [3.63, 3.8) is 0 Å². The molecule has 0 unspecified atom stereocenters. The number of H-pyrrole nitrogens is 1. The highest BCUT2D eigenvalue weighted by molar-refractivity contribution is 7.78. The monoisotopic (exact) mass is 182 g/mol. The quantitative estimate of drug-likeness (QED) is 0.438. The van der Waals surface area contributed by atoms with Crippen LogP contribution >= 0.6 is 12.2 Å². The average Bonchev–Trinajstić information content (AvgIpc) is 2.59. The first kappa shape index (κ1) is 9.10. The molecule has 1 rings (SSSR count). The molecular formula is C8H12N3S+.